The van der Waals surface area contributed by atoms with Crippen molar-refractivity contribution in [1.29, 1.82) is 0 Å². The van der Waals surface area contributed by atoms with Crippen molar-refractivity contribution in [2.75, 3.05) is 26.2 Å². The van der Waals surface area contributed by atoms with Gasteiger partial charge in [-0.15, -0.1) is 0 Å². The number of rotatable bonds is 3. The third kappa shape index (κ3) is 2.51. The molecule has 1 aromatic carbocycles. The quantitative estimate of drug-likeness (QED) is 0.908. The highest BCUT2D eigenvalue weighted by molar-refractivity contribution is 5.32. The number of benzene rings is 1. The van der Waals surface area contributed by atoms with Crippen LogP contribution in [0.25, 0.3) is 0 Å². The molecule has 2 heteroatoms. The van der Waals surface area contributed by atoms with Crippen LogP contribution in [0, 0.1) is 5.92 Å². The fourth-order valence-electron chi connectivity index (χ4n) is 4.27. The first-order chi connectivity index (χ1) is 9.92. The lowest BCUT2D eigenvalue weighted by molar-refractivity contribution is 0.131. The van der Waals surface area contributed by atoms with Gasteiger partial charge in [0.1, 0.15) is 0 Å². The van der Waals surface area contributed by atoms with Gasteiger partial charge in [-0.25, -0.2) is 0 Å². The van der Waals surface area contributed by atoms with Crippen LogP contribution in [0.15, 0.2) is 24.3 Å². The summed E-state index contributed by atoms with van der Waals surface area (Å²) in [4.78, 5) is 2.81. The molecule has 1 saturated carbocycles. The van der Waals surface area contributed by atoms with Crippen LogP contribution in [0.3, 0.4) is 0 Å². The highest BCUT2D eigenvalue weighted by Gasteiger charge is 2.37. The molecule has 1 N–H and O–H groups in total. The molecule has 2 nitrogen and oxygen atoms in total. The molecule has 3 aliphatic rings. The molecular weight excluding hydrogens is 244 g/mol. The zero-order chi connectivity index (χ0) is 13.4. The molecular formula is C18H26N2. The number of fused-ring (bicyclic) bond motifs is 1. The van der Waals surface area contributed by atoms with Crippen LogP contribution in [0.2, 0.25) is 0 Å². The molecule has 1 heterocycles. The van der Waals surface area contributed by atoms with Gasteiger partial charge in [0, 0.05) is 32.2 Å². The number of piperazine rings is 1. The minimum Gasteiger partial charge on any atom is -0.314 e. The first kappa shape index (κ1) is 12.8. The standard InChI is InChI=1S/C18H26N2/c1-2-7-17-14(4-1)5-3-6-16(17)13-20-11-10-19-12-18(20)15-8-9-15/h1-2,4,7,15-16,18-19H,3,5-6,8-13H2. The Kier molecular flexibility index (Phi) is 3.53. The Morgan fingerprint density at radius 3 is 2.95 bits per heavy atom. The molecule has 1 aliphatic heterocycles. The van der Waals surface area contributed by atoms with Gasteiger partial charge in [0.15, 0.2) is 0 Å². The van der Waals surface area contributed by atoms with Crippen molar-refractivity contribution in [3.05, 3.63) is 35.4 Å². The number of nitrogens with zero attached hydrogens (tertiary/aromatic N) is 1. The maximum Gasteiger partial charge on any atom is 0.0249 e. The summed E-state index contributed by atoms with van der Waals surface area (Å²) in [6, 6.07) is 9.98. The second-order valence-corrected chi connectivity index (χ2v) is 6.89. The van der Waals surface area contributed by atoms with Crippen molar-refractivity contribution in [1.82, 2.24) is 10.2 Å². The van der Waals surface area contributed by atoms with Crippen LogP contribution < -0.4 is 5.32 Å². The van der Waals surface area contributed by atoms with Gasteiger partial charge >= 0.3 is 0 Å². The molecule has 0 aromatic heterocycles. The molecule has 0 spiro atoms. The van der Waals surface area contributed by atoms with Crippen molar-refractivity contribution < 1.29 is 0 Å². The summed E-state index contributed by atoms with van der Waals surface area (Å²) in [6.45, 7) is 4.94. The lowest BCUT2D eigenvalue weighted by Gasteiger charge is -2.40. The Morgan fingerprint density at radius 1 is 1.15 bits per heavy atom. The molecule has 20 heavy (non-hydrogen) atoms. The van der Waals surface area contributed by atoms with E-state index in [-0.39, 0.29) is 0 Å². The van der Waals surface area contributed by atoms with Crippen molar-refractivity contribution >= 4 is 0 Å². The second kappa shape index (κ2) is 5.50. The molecule has 0 amide bonds. The Labute approximate surface area is 122 Å². The van der Waals surface area contributed by atoms with Gasteiger partial charge in [0.25, 0.3) is 0 Å². The van der Waals surface area contributed by atoms with Gasteiger partial charge in [0.2, 0.25) is 0 Å². The van der Waals surface area contributed by atoms with Crippen molar-refractivity contribution in [3.8, 4) is 0 Å². The van der Waals surface area contributed by atoms with E-state index in [2.05, 4.69) is 34.5 Å². The molecule has 2 fully saturated rings. The van der Waals surface area contributed by atoms with Crippen molar-refractivity contribution in [2.24, 2.45) is 5.92 Å². The highest BCUT2D eigenvalue weighted by atomic mass is 15.2. The van der Waals surface area contributed by atoms with Crippen LogP contribution in [0.1, 0.15) is 42.7 Å². The van der Waals surface area contributed by atoms with E-state index in [1.54, 1.807) is 11.1 Å². The van der Waals surface area contributed by atoms with E-state index < -0.39 is 0 Å². The minimum absolute atomic E-state index is 0.777. The van der Waals surface area contributed by atoms with Crippen LogP contribution >= 0.6 is 0 Å². The van der Waals surface area contributed by atoms with Gasteiger partial charge in [-0.1, -0.05) is 24.3 Å². The summed E-state index contributed by atoms with van der Waals surface area (Å²) < 4.78 is 0. The highest BCUT2D eigenvalue weighted by Crippen LogP contribution is 2.38. The Morgan fingerprint density at radius 2 is 2.05 bits per heavy atom. The molecule has 0 bridgehead atoms. The molecule has 2 atom stereocenters. The van der Waals surface area contributed by atoms with E-state index in [0.29, 0.717) is 0 Å². The number of hydrogen-bond acceptors (Lipinski definition) is 2. The van der Waals surface area contributed by atoms with Crippen LogP contribution in [0.5, 0.6) is 0 Å². The van der Waals surface area contributed by atoms with Gasteiger partial charge in [-0.05, 0) is 55.1 Å². The molecule has 1 aromatic rings. The zero-order valence-corrected chi connectivity index (χ0v) is 12.4. The normalized spacial score (nSPS) is 31.0. The topological polar surface area (TPSA) is 15.3 Å². The van der Waals surface area contributed by atoms with Crippen molar-refractivity contribution in [2.45, 2.75) is 44.1 Å². The molecule has 2 aliphatic carbocycles. The average Bonchev–Trinajstić information content (AvgIpc) is 3.33. The molecule has 108 valence electrons. The predicted molar refractivity (Wildman–Crippen MR) is 83.1 cm³/mol. The largest absolute Gasteiger partial charge is 0.314 e. The van der Waals surface area contributed by atoms with Crippen LogP contribution in [-0.4, -0.2) is 37.1 Å². The SMILES string of the molecule is c1ccc2c(c1)CCCC2CN1CCNCC1C1CC1. The van der Waals surface area contributed by atoms with Crippen LogP contribution in [0.4, 0.5) is 0 Å². The van der Waals surface area contributed by atoms with E-state index >= 15 is 0 Å². The number of nitrogens with one attached hydrogen (secondary N) is 1. The van der Waals surface area contributed by atoms with E-state index in [4.69, 9.17) is 0 Å². The van der Waals surface area contributed by atoms with E-state index in [0.717, 1.165) is 17.9 Å². The Hall–Kier alpha value is -0.860. The predicted octanol–water partition coefficient (Wildman–Crippen LogP) is 2.79. The molecule has 1 saturated heterocycles. The average molecular weight is 270 g/mol. The summed E-state index contributed by atoms with van der Waals surface area (Å²) in [5, 5.41) is 3.60. The van der Waals surface area contributed by atoms with Gasteiger partial charge < -0.3 is 5.32 Å². The van der Waals surface area contributed by atoms with Crippen LogP contribution in [-0.2, 0) is 6.42 Å². The summed E-state index contributed by atoms with van der Waals surface area (Å²) in [5.41, 5.74) is 3.26. The van der Waals surface area contributed by atoms with E-state index in [9.17, 15) is 0 Å². The smallest absolute Gasteiger partial charge is 0.0249 e. The number of hydrogen-bond donors (Lipinski definition) is 1. The third-order valence-corrected chi connectivity index (χ3v) is 5.51. The third-order valence-electron chi connectivity index (χ3n) is 5.51. The maximum atomic E-state index is 3.60. The lowest BCUT2D eigenvalue weighted by atomic mass is 9.82. The zero-order valence-electron chi connectivity index (χ0n) is 12.4. The molecule has 4 rings (SSSR count). The maximum absolute atomic E-state index is 3.60. The monoisotopic (exact) mass is 270 g/mol. The van der Waals surface area contributed by atoms with Gasteiger partial charge in [-0.2, -0.15) is 0 Å². The first-order valence-electron chi connectivity index (χ1n) is 8.44. The Bertz CT molecular complexity index is 466. The lowest BCUT2D eigenvalue weighted by Crippen LogP contribution is -2.53. The minimum atomic E-state index is 0.777. The van der Waals surface area contributed by atoms with Crippen molar-refractivity contribution in [3.63, 3.8) is 0 Å². The van der Waals surface area contributed by atoms with E-state index in [1.807, 2.05) is 0 Å². The molecule has 2 unspecified atom stereocenters. The summed E-state index contributed by atoms with van der Waals surface area (Å²) in [5.74, 6) is 1.76. The first-order valence-corrected chi connectivity index (χ1v) is 8.44. The summed E-state index contributed by atoms with van der Waals surface area (Å²) in [6.07, 6.45) is 6.98. The summed E-state index contributed by atoms with van der Waals surface area (Å²) in [7, 11) is 0. The fraction of sp³-hybridized carbons (Fsp3) is 0.667. The van der Waals surface area contributed by atoms with Gasteiger partial charge in [0.05, 0.1) is 0 Å². The summed E-state index contributed by atoms with van der Waals surface area (Å²) >= 11 is 0. The van der Waals surface area contributed by atoms with E-state index in [1.165, 1.54) is 58.3 Å². The Balaban J connectivity index is 1.51. The van der Waals surface area contributed by atoms with Gasteiger partial charge in [-0.3, -0.25) is 4.90 Å². The molecule has 0 radical (unpaired) electrons. The second-order valence-electron chi connectivity index (χ2n) is 6.89. The number of aryl methyl sites for hydroxylation is 1. The fourth-order valence-corrected chi connectivity index (χ4v) is 4.27.